The fourth-order valence-electron chi connectivity index (χ4n) is 3.17. The Bertz CT molecular complexity index is 996. The predicted molar refractivity (Wildman–Crippen MR) is 133 cm³/mol. The molecule has 6 nitrogen and oxygen atoms in total. The highest BCUT2D eigenvalue weighted by atomic mass is 127. The SMILES string of the molecule is CCNC(=NCc1cccc(Cn2ccnc2)c1)NCc1cc(C)ccc1OC(F)F.I. The molecule has 2 aromatic carbocycles. The van der Waals surface area contributed by atoms with E-state index in [0.29, 0.717) is 31.2 Å². The Morgan fingerprint density at radius 1 is 1.16 bits per heavy atom. The fraction of sp³-hybridized carbons (Fsp3) is 0.304. The van der Waals surface area contributed by atoms with E-state index in [1.54, 1.807) is 24.7 Å². The third-order valence-corrected chi connectivity index (χ3v) is 4.56. The molecule has 0 aliphatic heterocycles. The molecule has 9 heteroatoms. The van der Waals surface area contributed by atoms with Crippen molar-refractivity contribution in [3.8, 4) is 5.75 Å². The Hall–Kier alpha value is -2.69. The van der Waals surface area contributed by atoms with Crippen molar-refractivity contribution in [3.63, 3.8) is 0 Å². The van der Waals surface area contributed by atoms with E-state index < -0.39 is 6.61 Å². The summed E-state index contributed by atoms with van der Waals surface area (Å²) in [6.45, 7) is 3.25. The minimum Gasteiger partial charge on any atom is -0.434 e. The molecular weight excluding hydrogens is 527 g/mol. The van der Waals surface area contributed by atoms with Gasteiger partial charge in [-0.25, -0.2) is 9.98 Å². The molecule has 0 aliphatic carbocycles. The first-order valence-electron chi connectivity index (χ1n) is 10.1. The summed E-state index contributed by atoms with van der Waals surface area (Å²) in [6, 6.07) is 13.4. The van der Waals surface area contributed by atoms with E-state index in [2.05, 4.69) is 37.5 Å². The van der Waals surface area contributed by atoms with Crippen molar-refractivity contribution in [2.45, 2.75) is 40.1 Å². The number of benzene rings is 2. The number of ether oxygens (including phenoxy) is 1. The van der Waals surface area contributed by atoms with E-state index in [-0.39, 0.29) is 29.7 Å². The normalized spacial score (nSPS) is 11.2. The molecule has 0 saturated carbocycles. The van der Waals surface area contributed by atoms with Crippen molar-refractivity contribution in [2.75, 3.05) is 6.54 Å². The molecule has 3 rings (SSSR count). The maximum atomic E-state index is 12.7. The van der Waals surface area contributed by atoms with Crippen molar-refractivity contribution >= 4 is 29.9 Å². The quantitative estimate of drug-likeness (QED) is 0.228. The topological polar surface area (TPSA) is 63.5 Å². The van der Waals surface area contributed by atoms with Gasteiger partial charge >= 0.3 is 6.61 Å². The summed E-state index contributed by atoms with van der Waals surface area (Å²) in [7, 11) is 0. The van der Waals surface area contributed by atoms with Crippen LogP contribution >= 0.6 is 24.0 Å². The van der Waals surface area contributed by atoms with Gasteiger partial charge in [0.05, 0.1) is 12.9 Å². The summed E-state index contributed by atoms with van der Waals surface area (Å²) in [4.78, 5) is 8.70. The second-order valence-electron chi connectivity index (χ2n) is 7.09. The van der Waals surface area contributed by atoms with Crippen LogP contribution in [0.15, 0.2) is 66.2 Å². The Balaban J connectivity index is 0.00000363. The Morgan fingerprint density at radius 3 is 2.69 bits per heavy atom. The zero-order valence-corrected chi connectivity index (χ0v) is 20.4. The number of hydrogen-bond acceptors (Lipinski definition) is 3. The molecule has 172 valence electrons. The molecule has 1 heterocycles. The zero-order valence-electron chi connectivity index (χ0n) is 18.1. The van der Waals surface area contributed by atoms with Crippen LogP contribution in [0.5, 0.6) is 5.75 Å². The highest BCUT2D eigenvalue weighted by Gasteiger charge is 2.10. The van der Waals surface area contributed by atoms with Crippen LogP contribution in [-0.2, 0) is 19.6 Å². The summed E-state index contributed by atoms with van der Waals surface area (Å²) < 4.78 is 32.0. The first kappa shape index (κ1) is 25.6. The van der Waals surface area contributed by atoms with Gasteiger partial charge in [-0.1, -0.05) is 42.0 Å². The van der Waals surface area contributed by atoms with Gasteiger partial charge in [0, 0.05) is 37.6 Å². The molecular formula is C23H28F2IN5O. The lowest BCUT2D eigenvalue weighted by molar-refractivity contribution is -0.0504. The lowest BCUT2D eigenvalue weighted by atomic mass is 10.1. The summed E-state index contributed by atoms with van der Waals surface area (Å²) >= 11 is 0. The molecule has 0 spiro atoms. The monoisotopic (exact) mass is 555 g/mol. The standard InChI is InChI=1S/C23H27F2N5O.HI/c1-3-27-23(29-14-20-11-17(2)7-8-21(20)31-22(24)25)28-13-18-5-4-6-19(12-18)15-30-10-9-26-16-30;/h4-12,16,22H,3,13-15H2,1-2H3,(H2,27,28,29);1H. The average Bonchev–Trinajstić information content (AvgIpc) is 3.25. The van der Waals surface area contributed by atoms with Crippen molar-refractivity contribution in [2.24, 2.45) is 4.99 Å². The van der Waals surface area contributed by atoms with Crippen LogP contribution in [0.2, 0.25) is 0 Å². The Labute approximate surface area is 204 Å². The van der Waals surface area contributed by atoms with Crippen LogP contribution in [0.3, 0.4) is 0 Å². The van der Waals surface area contributed by atoms with Crippen LogP contribution in [0.25, 0.3) is 0 Å². The smallest absolute Gasteiger partial charge is 0.387 e. The summed E-state index contributed by atoms with van der Waals surface area (Å²) in [6.07, 6.45) is 5.47. The number of halogens is 3. The molecule has 0 aliphatic rings. The van der Waals surface area contributed by atoms with Crippen LogP contribution in [0.1, 0.15) is 29.2 Å². The second-order valence-corrected chi connectivity index (χ2v) is 7.09. The van der Waals surface area contributed by atoms with Crippen LogP contribution < -0.4 is 15.4 Å². The number of aryl methyl sites for hydroxylation is 1. The Kier molecular flexibility index (Phi) is 10.4. The van der Waals surface area contributed by atoms with E-state index in [9.17, 15) is 8.78 Å². The first-order chi connectivity index (χ1) is 15.0. The van der Waals surface area contributed by atoms with Gasteiger partial charge in [-0.15, -0.1) is 24.0 Å². The molecule has 0 saturated heterocycles. The molecule has 2 N–H and O–H groups in total. The highest BCUT2D eigenvalue weighted by molar-refractivity contribution is 14.0. The number of imidazole rings is 1. The molecule has 0 atom stereocenters. The molecule has 0 radical (unpaired) electrons. The third kappa shape index (κ3) is 8.10. The second kappa shape index (κ2) is 13.0. The van der Waals surface area contributed by atoms with E-state index >= 15 is 0 Å². The maximum absolute atomic E-state index is 12.7. The number of rotatable bonds is 9. The van der Waals surface area contributed by atoms with Crippen molar-refractivity contribution in [1.82, 2.24) is 20.2 Å². The molecule has 0 amide bonds. The van der Waals surface area contributed by atoms with Crippen LogP contribution in [-0.4, -0.2) is 28.7 Å². The van der Waals surface area contributed by atoms with Crippen molar-refractivity contribution in [1.29, 1.82) is 0 Å². The first-order valence-corrected chi connectivity index (χ1v) is 10.1. The van der Waals surface area contributed by atoms with Gasteiger partial charge in [-0.3, -0.25) is 0 Å². The van der Waals surface area contributed by atoms with Gasteiger partial charge in [0.1, 0.15) is 5.75 Å². The van der Waals surface area contributed by atoms with Gasteiger partial charge in [0.25, 0.3) is 0 Å². The molecule has 0 bridgehead atoms. The van der Waals surface area contributed by atoms with Gasteiger partial charge in [-0.05, 0) is 31.0 Å². The molecule has 3 aromatic rings. The summed E-state index contributed by atoms with van der Waals surface area (Å²) in [5.41, 5.74) is 3.85. The number of guanidine groups is 1. The summed E-state index contributed by atoms with van der Waals surface area (Å²) in [5.74, 6) is 0.767. The number of hydrogen-bond donors (Lipinski definition) is 2. The minimum atomic E-state index is -2.86. The Morgan fingerprint density at radius 2 is 1.97 bits per heavy atom. The average molecular weight is 555 g/mol. The number of aromatic nitrogens is 2. The van der Waals surface area contributed by atoms with Gasteiger partial charge in [0.2, 0.25) is 0 Å². The zero-order chi connectivity index (χ0) is 22.1. The van der Waals surface area contributed by atoms with E-state index in [1.165, 1.54) is 0 Å². The number of nitrogens with one attached hydrogen (secondary N) is 2. The fourth-order valence-corrected chi connectivity index (χ4v) is 3.17. The predicted octanol–water partition coefficient (Wildman–Crippen LogP) is 4.71. The number of alkyl halides is 2. The van der Waals surface area contributed by atoms with Crippen LogP contribution in [0.4, 0.5) is 8.78 Å². The third-order valence-electron chi connectivity index (χ3n) is 4.56. The van der Waals surface area contributed by atoms with Gasteiger partial charge in [-0.2, -0.15) is 8.78 Å². The summed E-state index contributed by atoms with van der Waals surface area (Å²) in [5, 5.41) is 6.39. The highest BCUT2D eigenvalue weighted by Crippen LogP contribution is 2.22. The molecule has 0 fully saturated rings. The maximum Gasteiger partial charge on any atom is 0.387 e. The number of aliphatic imine (C=N–C) groups is 1. The number of nitrogens with zero attached hydrogens (tertiary/aromatic N) is 3. The van der Waals surface area contributed by atoms with E-state index in [4.69, 9.17) is 0 Å². The van der Waals surface area contributed by atoms with E-state index in [0.717, 1.165) is 23.2 Å². The molecule has 1 aromatic heterocycles. The van der Waals surface area contributed by atoms with Gasteiger partial charge in [0.15, 0.2) is 5.96 Å². The lowest BCUT2D eigenvalue weighted by Crippen LogP contribution is -2.36. The van der Waals surface area contributed by atoms with Gasteiger partial charge < -0.3 is 19.9 Å². The van der Waals surface area contributed by atoms with E-state index in [1.807, 2.05) is 42.8 Å². The lowest BCUT2D eigenvalue weighted by Gasteiger charge is -2.15. The van der Waals surface area contributed by atoms with Crippen LogP contribution in [0, 0.1) is 6.92 Å². The van der Waals surface area contributed by atoms with Crippen molar-refractivity contribution < 1.29 is 13.5 Å². The largest absolute Gasteiger partial charge is 0.434 e. The molecule has 0 unspecified atom stereocenters. The minimum absolute atomic E-state index is 0. The van der Waals surface area contributed by atoms with Crippen molar-refractivity contribution in [3.05, 3.63) is 83.4 Å². The molecule has 32 heavy (non-hydrogen) atoms.